The van der Waals surface area contributed by atoms with Crippen LogP contribution in [-0.4, -0.2) is 68.6 Å². The molecule has 0 aromatic rings. The van der Waals surface area contributed by atoms with Crippen molar-refractivity contribution in [2.75, 3.05) is 26.4 Å². The van der Waals surface area contributed by atoms with Crippen LogP contribution in [0.1, 0.15) is 0 Å². The summed E-state index contributed by atoms with van der Waals surface area (Å²) in [5.74, 6) is -21.2. The SMILES string of the molecule is FC(F)(OCC1CO1)C(F)(F)C(F)(F)C(F)(F)C(F)(F)OCC1CO1. The summed E-state index contributed by atoms with van der Waals surface area (Å²) in [6.07, 6.45) is -14.6. The Balaban J connectivity index is 2.18. The second kappa shape index (κ2) is 6.09. The van der Waals surface area contributed by atoms with Gasteiger partial charge in [0.2, 0.25) is 0 Å². The van der Waals surface area contributed by atoms with Gasteiger partial charge in [0.05, 0.1) is 26.4 Å². The number of ether oxygens (including phenoxy) is 4. The van der Waals surface area contributed by atoms with E-state index in [1.165, 1.54) is 0 Å². The van der Waals surface area contributed by atoms with Crippen LogP contribution < -0.4 is 0 Å². The lowest BCUT2D eigenvalue weighted by Gasteiger charge is -2.38. The van der Waals surface area contributed by atoms with E-state index < -0.39 is 55.4 Å². The van der Waals surface area contributed by atoms with Gasteiger partial charge >= 0.3 is 30.0 Å². The summed E-state index contributed by atoms with van der Waals surface area (Å²) in [6.45, 7) is -3.06. The highest BCUT2D eigenvalue weighted by Gasteiger charge is 2.88. The van der Waals surface area contributed by atoms with Crippen LogP contribution in [0, 0.1) is 0 Å². The number of alkyl halides is 10. The Labute approximate surface area is 132 Å². The van der Waals surface area contributed by atoms with E-state index in [-0.39, 0.29) is 13.2 Å². The predicted molar refractivity (Wildman–Crippen MR) is 56.1 cm³/mol. The van der Waals surface area contributed by atoms with Crippen LogP contribution in [0.4, 0.5) is 43.9 Å². The first-order valence-corrected chi connectivity index (χ1v) is 6.56. The van der Waals surface area contributed by atoms with Crippen molar-refractivity contribution in [3.63, 3.8) is 0 Å². The Hall–Kier alpha value is -0.860. The van der Waals surface area contributed by atoms with Gasteiger partial charge in [0.15, 0.2) is 0 Å². The molecule has 2 unspecified atom stereocenters. The monoisotopic (exact) mass is 396 g/mol. The van der Waals surface area contributed by atoms with Crippen LogP contribution in [0.5, 0.6) is 0 Å². The van der Waals surface area contributed by atoms with Crippen molar-refractivity contribution in [3.8, 4) is 0 Å². The molecule has 2 heterocycles. The Morgan fingerprint density at radius 2 is 0.880 bits per heavy atom. The number of hydrogen-bond donors (Lipinski definition) is 0. The second-order valence-electron chi connectivity index (χ2n) is 5.29. The van der Waals surface area contributed by atoms with Gasteiger partial charge in [-0.05, 0) is 0 Å². The lowest BCUT2D eigenvalue weighted by Crippen LogP contribution is -2.68. The zero-order valence-electron chi connectivity index (χ0n) is 11.9. The maximum absolute atomic E-state index is 13.4. The molecule has 25 heavy (non-hydrogen) atoms. The zero-order chi connectivity index (χ0) is 19.3. The smallest absolute Gasteiger partial charge is 0.371 e. The molecule has 0 aliphatic carbocycles. The average molecular weight is 396 g/mol. The van der Waals surface area contributed by atoms with E-state index in [0.29, 0.717) is 0 Å². The minimum absolute atomic E-state index is 0.205. The number of hydrogen-bond acceptors (Lipinski definition) is 4. The van der Waals surface area contributed by atoms with E-state index in [2.05, 4.69) is 18.9 Å². The molecule has 0 amide bonds. The van der Waals surface area contributed by atoms with Crippen molar-refractivity contribution in [3.05, 3.63) is 0 Å². The largest absolute Gasteiger partial charge is 0.426 e. The molecule has 4 nitrogen and oxygen atoms in total. The molecule has 0 N–H and O–H groups in total. The second-order valence-corrected chi connectivity index (χ2v) is 5.29. The molecule has 14 heteroatoms. The van der Waals surface area contributed by atoms with Gasteiger partial charge in [0.1, 0.15) is 12.2 Å². The molecule has 148 valence electrons. The summed E-state index contributed by atoms with van der Waals surface area (Å²) in [7, 11) is 0. The summed E-state index contributed by atoms with van der Waals surface area (Å²) in [6, 6.07) is 0. The maximum Gasteiger partial charge on any atom is 0.426 e. The van der Waals surface area contributed by atoms with Crippen LogP contribution in [-0.2, 0) is 18.9 Å². The highest BCUT2D eigenvalue weighted by molar-refractivity contribution is 5.04. The molecule has 0 aromatic heterocycles. The molecule has 2 atom stereocenters. The summed E-state index contributed by atoms with van der Waals surface area (Å²) in [5, 5.41) is 0. The topological polar surface area (TPSA) is 43.5 Å². The fourth-order valence-corrected chi connectivity index (χ4v) is 1.47. The lowest BCUT2D eigenvalue weighted by atomic mass is 10.0. The van der Waals surface area contributed by atoms with E-state index in [1.807, 2.05) is 0 Å². The minimum atomic E-state index is -7.22. The average Bonchev–Trinajstić information content (AvgIpc) is 3.37. The van der Waals surface area contributed by atoms with Crippen molar-refractivity contribution in [2.45, 2.75) is 42.2 Å². The summed E-state index contributed by atoms with van der Waals surface area (Å²) in [4.78, 5) is 0. The van der Waals surface area contributed by atoms with Gasteiger partial charge in [-0.1, -0.05) is 0 Å². The summed E-state index contributed by atoms with van der Waals surface area (Å²) in [5.41, 5.74) is 0. The lowest BCUT2D eigenvalue weighted by molar-refractivity contribution is -0.470. The van der Waals surface area contributed by atoms with E-state index >= 15 is 0 Å². The molecule has 2 aliphatic heterocycles. The van der Waals surface area contributed by atoms with Crippen molar-refractivity contribution < 1.29 is 62.9 Å². The molecule has 0 bridgehead atoms. The van der Waals surface area contributed by atoms with Crippen molar-refractivity contribution in [1.29, 1.82) is 0 Å². The van der Waals surface area contributed by atoms with E-state index in [0.717, 1.165) is 0 Å². The Morgan fingerprint density at radius 1 is 0.600 bits per heavy atom. The zero-order valence-corrected chi connectivity index (χ0v) is 11.9. The summed E-state index contributed by atoms with van der Waals surface area (Å²) < 4.78 is 148. The van der Waals surface area contributed by atoms with Crippen LogP contribution in [0.2, 0.25) is 0 Å². The molecule has 0 aromatic carbocycles. The Morgan fingerprint density at radius 3 is 1.12 bits per heavy atom. The first-order chi connectivity index (χ1) is 11.2. The van der Waals surface area contributed by atoms with Gasteiger partial charge in [-0.3, -0.25) is 0 Å². The van der Waals surface area contributed by atoms with Crippen molar-refractivity contribution in [1.82, 2.24) is 0 Å². The van der Waals surface area contributed by atoms with Gasteiger partial charge in [-0.15, -0.1) is 0 Å². The third-order valence-corrected chi connectivity index (χ3v) is 3.23. The molecule has 0 spiro atoms. The van der Waals surface area contributed by atoms with Crippen LogP contribution in [0.3, 0.4) is 0 Å². The van der Waals surface area contributed by atoms with Gasteiger partial charge in [-0.2, -0.15) is 43.9 Å². The highest BCUT2D eigenvalue weighted by Crippen LogP contribution is 2.57. The fourth-order valence-electron chi connectivity index (χ4n) is 1.47. The quantitative estimate of drug-likeness (QED) is 0.421. The van der Waals surface area contributed by atoms with Gasteiger partial charge in [0.25, 0.3) is 0 Å². The van der Waals surface area contributed by atoms with E-state index in [4.69, 9.17) is 0 Å². The highest BCUT2D eigenvalue weighted by atomic mass is 19.4. The molecular weight excluding hydrogens is 386 g/mol. The maximum atomic E-state index is 13.4. The summed E-state index contributed by atoms with van der Waals surface area (Å²) >= 11 is 0. The predicted octanol–water partition coefficient (Wildman–Crippen LogP) is 2.91. The van der Waals surface area contributed by atoms with Gasteiger partial charge in [-0.25, -0.2) is 0 Å². The minimum Gasteiger partial charge on any atom is -0.371 e. The number of rotatable bonds is 10. The number of halogens is 10. The van der Waals surface area contributed by atoms with Crippen LogP contribution >= 0.6 is 0 Å². The Kier molecular flexibility index (Phi) is 4.99. The molecule has 2 rings (SSSR count). The standard InChI is InChI=1S/C11H10F10O4/c12-7(13,8(14,15)10(18,19)24-3-5-1-22-5)9(16,17)11(20,21)25-4-6-2-23-6/h5-6H,1-4H2. The molecule has 0 saturated carbocycles. The van der Waals surface area contributed by atoms with Crippen molar-refractivity contribution >= 4 is 0 Å². The third kappa shape index (κ3) is 3.66. The Bertz CT molecular complexity index is 447. The third-order valence-electron chi connectivity index (χ3n) is 3.23. The molecule has 0 radical (unpaired) electrons. The molecular formula is C11H10F10O4. The molecule has 2 aliphatic rings. The van der Waals surface area contributed by atoms with E-state index in [1.54, 1.807) is 0 Å². The molecule has 2 fully saturated rings. The van der Waals surface area contributed by atoms with Gasteiger partial charge in [0, 0.05) is 0 Å². The van der Waals surface area contributed by atoms with Crippen LogP contribution in [0.15, 0.2) is 0 Å². The van der Waals surface area contributed by atoms with Crippen molar-refractivity contribution in [2.24, 2.45) is 0 Å². The van der Waals surface area contributed by atoms with E-state index in [9.17, 15) is 43.9 Å². The first kappa shape index (κ1) is 20.5. The normalized spacial score (nSPS) is 25.2. The first-order valence-electron chi connectivity index (χ1n) is 6.56. The fraction of sp³-hybridized carbons (Fsp3) is 1.00. The van der Waals surface area contributed by atoms with Gasteiger partial charge < -0.3 is 18.9 Å². The number of epoxide rings is 2. The van der Waals surface area contributed by atoms with Crippen LogP contribution in [0.25, 0.3) is 0 Å². The molecule has 2 saturated heterocycles.